The molecule has 0 bridgehead atoms. The minimum Gasteiger partial charge on any atom is -0.381 e. The van der Waals surface area contributed by atoms with E-state index >= 15 is 0 Å². The normalized spacial score (nSPS) is 10.4. The first-order chi connectivity index (χ1) is 10.3. The highest BCUT2D eigenvalue weighted by atomic mass is 15.1. The van der Waals surface area contributed by atoms with Gasteiger partial charge < -0.3 is 10.2 Å². The van der Waals surface area contributed by atoms with Gasteiger partial charge in [-0.15, -0.1) is 0 Å². The molecule has 0 spiro atoms. The maximum atomic E-state index is 4.03. The van der Waals surface area contributed by atoms with Gasteiger partial charge in [0, 0.05) is 43.4 Å². The third-order valence-corrected chi connectivity index (χ3v) is 3.47. The molecule has 0 aliphatic heterocycles. The van der Waals surface area contributed by atoms with Crippen LogP contribution in [0.2, 0.25) is 0 Å². The van der Waals surface area contributed by atoms with E-state index in [0.717, 1.165) is 25.3 Å². The van der Waals surface area contributed by atoms with Crippen molar-refractivity contribution in [3.05, 3.63) is 54.4 Å². The molecule has 2 aromatic rings. The summed E-state index contributed by atoms with van der Waals surface area (Å²) in [7, 11) is 0. The summed E-state index contributed by atoms with van der Waals surface area (Å²) in [6, 6.07) is 12.8. The first-order valence-electron chi connectivity index (χ1n) is 7.81. The predicted molar refractivity (Wildman–Crippen MR) is 90.8 cm³/mol. The van der Waals surface area contributed by atoms with Crippen LogP contribution in [-0.2, 0) is 6.54 Å². The Labute approximate surface area is 128 Å². The number of pyridine rings is 1. The lowest BCUT2D eigenvalue weighted by Crippen LogP contribution is -2.24. The van der Waals surface area contributed by atoms with Gasteiger partial charge in [0.1, 0.15) is 0 Å². The number of aromatic nitrogens is 1. The Morgan fingerprint density at radius 2 is 1.52 bits per heavy atom. The molecule has 0 atom stereocenters. The predicted octanol–water partition coefficient (Wildman–Crippen LogP) is 4.32. The Hall–Kier alpha value is -2.03. The van der Waals surface area contributed by atoms with Crippen LogP contribution in [0.4, 0.5) is 11.4 Å². The van der Waals surface area contributed by atoms with E-state index in [1.807, 2.05) is 24.5 Å². The van der Waals surface area contributed by atoms with Crippen LogP contribution in [0.25, 0.3) is 0 Å². The van der Waals surface area contributed by atoms with Crippen LogP contribution in [0.15, 0.2) is 48.8 Å². The molecule has 3 nitrogen and oxygen atoms in total. The largest absolute Gasteiger partial charge is 0.381 e. The van der Waals surface area contributed by atoms with E-state index in [0.29, 0.717) is 0 Å². The average molecular weight is 283 g/mol. The van der Waals surface area contributed by atoms with Crippen molar-refractivity contribution in [2.75, 3.05) is 23.3 Å². The van der Waals surface area contributed by atoms with E-state index in [4.69, 9.17) is 0 Å². The standard InChI is InChI=1S/C18H25N3/c1-3-13-21(14-4-2)18-7-5-17(6-8-18)20-15-16-9-11-19-12-10-16/h5-12,20H,3-4,13-15H2,1-2H3. The Morgan fingerprint density at radius 3 is 2.10 bits per heavy atom. The summed E-state index contributed by atoms with van der Waals surface area (Å²) in [5.41, 5.74) is 3.71. The fourth-order valence-electron chi connectivity index (χ4n) is 2.40. The molecule has 0 radical (unpaired) electrons. The van der Waals surface area contributed by atoms with Gasteiger partial charge in [0.25, 0.3) is 0 Å². The molecule has 0 aliphatic rings. The number of nitrogens with one attached hydrogen (secondary N) is 1. The number of nitrogens with zero attached hydrogens (tertiary/aromatic N) is 2. The molecule has 21 heavy (non-hydrogen) atoms. The van der Waals surface area contributed by atoms with Crippen molar-refractivity contribution < 1.29 is 0 Å². The molecule has 0 amide bonds. The lowest BCUT2D eigenvalue weighted by atomic mass is 10.2. The van der Waals surface area contributed by atoms with Gasteiger partial charge in [0.2, 0.25) is 0 Å². The van der Waals surface area contributed by atoms with Crippen molar-refractivity contribution in [3.8, 4) is 0 Å². The highest BCUT2D eigenvalue weighted by Crippen LogP contribution is 2.19. The molecule has 1 aromatic carbocycles. The van der Waals surface area contributed by atoms with E-state index in [2.05, 4.69) is 53.3 Å². The number of anilines is 2. The molecule has 0 unspecified atom stereocenters. The lowest BCUT2D eigenvalue weighted by molar-refractivity contribution is 0.745. The highest BCUT2D eigenvalue weighted by Gasteiger charge is 2.04. The Kier molecular flexibility index (Phi) is 6.07. The molecule has 0 saturated carbocycles. The van der Waals surface area contributed by atoms with Gasteiger partial charge in [-0.1, -0.05) is 13.8 Å². The Balaban J connectivity index is 1.94. The molecule has 0 aliphatic carbocycles. The lowest BCUT2D eigenvalue weighted by Gasteiger charge is -2.24. The molecule has 1 N–H and O–H groups in total. The van der Waals surface area contributed by atoms with Crippen molar-refractivity contribution in [1.82, 2.24) is 4.98 Å². The molecule has 1 aromatic heterocycles. The number of hydrogen-bond donors (Lipinski definition) is 1. The molecule has 2 rings (SSSR count). The van der Waals surface area contributed by atoms with E-state index in [9.17, 15) is 0 Å². The van der Waals surface area contributed by atoms with Gasteiger partial charge in [-0.3, -0.25) is 4.98 Å². The molecule has 0 fully saturated rings. The molecule has 3 heteroatoms. The quantitative estimate of drug-likeness (QED) is 0.782. The van der Waals surface area contributed by atoms with Crippen molar-refractivity contribution in [3.63, 3.8) is 0 Å². The minimum atomic E-state index is 0.829. The van der Waals surface area contributed by atoms with Crippen LogP contribution in [0.5, 0.6) is 0 Å². The Morgan fingerprint density at radius 1 is 0.905 bits per heavy atom. The molecular weight excluding hydrogens is 258 g/mol. The van der Waals surface area contributed by atoms with Crippen molar-refractivity contribution in [2.45, 2.75) is 33.2 Å². The minimum absolute atomic E-state index is 0.829. The van der Waals surface area contributed by atoms with Crippen LogP contribution in [0, 0.1) is 0 Å². The van der Waals surface area contributed by atoms with Gasteiger partial charge >= 0.3 is 0 Å². The second-order valence-corrected chi connectivity index (χ2v) is 5.24. The first kappa shape index (κ1) is 15.4. The monoisotopic (exact) mass is 283 g/mol. The number of hydrogen-bond acceptors (Lipinski definition) is 3. The maximum Gasteiger partial charge on any atom is 0.0401 e. The summed E-state index contributed by atoms with van der Waals surface area (Å²) in [5.74, 6) is 0. The van der Waals surface area contributed by atoms with E-state index in [1.165, 1.54) is 24.1 Å². The zero-order chi connectivity index (χ0) is 14.9. The van der Waals surface area contributed by atoms with Gasteiger partial charge in [0.15, 0.2) is 0 Å². The summed E-state index contributed by atoms with van der Waals surface area (Å²) >= 11 is 0. The van der Waals surface area contributed by atoms with E-state index in [-0.39, 0.29) is 0 Å². The zero-order valence-electron chi connectivity index (χ0n) is 13.0. The van der Waals surface area contributed by atoms with Crippen LogP contribution in [0.1, 0.15) is 32.3 Å². The van der Waals surface area contributed by atoms with Gasteiger partial charge in [-0.2, -0.15) is 0 Å². The Bertz CT molecular complexity index is 502. The van der Waals surface area contributed by atoms with Crippen molar-refractivity contribution in [2.24, 2.45) is 0 Å². The summed E-state index contributed by atoms with van der Waals surface area (Å²) in [5, 5.41) is 3.44. The average Bonchev–Trinajstić information content (AvgIpc) is 2.54. The fraction of sp³-hybridized carbons (Fsp3) is 0.389. The van der Waals surface area contributed by atoms with Gasteiger partial charge in [-0.05, 0) is 54.8 Å². The van der Waals surface area contributed by atoms with Gasteiger partial charge in [0.05, 0.1) is 0 Å². The second kappa shape index (κ2) is 8.30. The highest BCUT2D eigenvalue weighted by molar-refractivity contribution is 5.55. The number of benzene rings is 1. The number of rotatable bonds is 8. The third-order valence-electron chi connectivity index (χ3n) is 3.47. The smallest absolute Gasteiger partial charge is 0.0401 e. The molecular formula is C18H25N3. The summed E-state index contributed by atoms with van der Waals surface area (Å²) in [4.78, 5) is 6.48. The van der Waals surface area contributed by atoms with Crippen LogP contribution < -0.4 is 10.2 Å². The molecule has 112 valence electrons. The zero-order valence-corrected chi connectivity index (χ0v) is 13.0. The third kappa shape index (κ3) is 4.78. The molecule has 1 heterocycles. The van der Waals surface area contributed by atoms with Crippen molar-refractivity contribution >= 4 is 11.4 Å². The topological polar surface area (TPSA) is 28.2 Å². The summed E-state index contributed by atoms with van der Waals surface area (Å²) in [6.07, 6.45) is 6.02. The van der Waals surface area contributed by atoms with Crippen LogP contribution in [-0.4, -0.2) is 18.1 Å². The first-order valence-corrected chi connectivity index (χ1v) is 7.81. The second-order valence-electron chi connectivity index (χ2n) is 5.24. The maximum absolute atomic E-state index is 4.03. The van der Waals surface area contributed by atoms with Crippen molar-refractivity contribution in [1.29, 1.82) is 0 Å². The molecule has 0 saturated heterocycles. The van der Waals surface area contributed by atoms with E-state index < -0.39 is 0 Å². The SMILES string of the molecule is CCCN(CCC)c1ccc(NCc2ccncc2)cc1. The van der Waals surface area contributed by atoms with E-state index in [1.54, 1.807) is 0 Å². The van der Waals surface area contributed by atoms with Gasteiger partial charge in [-0.25, -0.2) is 0 Å². The summed E-state index contributed by atoms with van der Waals surface area (Å²) < 4.78 is 0. The summed E-state index contributed by atoms with van der Waals surface area (Å²) in [6.45, 7) is 7.53. The van der Waals surface area contributed by atoms with Crippen LogP contribution >= 0.6 is 0 Å². The van der Waals surface area contributed by atoms with Crippen LogP contribution in [0.3, 0.4) is 0 Å². The fourth-order valence-corrected chi connectivity index (χ4v) is 2.40.